The number of rotatable bonds is 13. The maximum atomic E-state index is 12.7. The lowest BCUT2D eigenvalue weighted by Crippen LogP contribution is -2.51. The van der Waals surface area contributed by atoms with Gasteiger partial charge in [-0.1, -0.05) is 91.0 Å². The maximum Gasteiger partial charge on any atom is 0.331 e. The molecule has 3 aromatic rings. The third-order valence-electron chi connectivity index (χ3n) is 5.19. The smallest absolute Gasteiger partial charge is 0.331 e. The van der Waals surface area contributed by atoms with Crippen LogP contribution in [0.1, 0.15) is 23.1 Å². The molecule has 0 aliphatic carbocycles. The molecule has 0 aliphatic heterocycles. The summed E-state index contributed by atoms with van der Waals surface area (Å²) in [6, 6.07) is 25.5. The predicted molar refractivity (Wildman–Crippen MR) is 133 cm³/mol. The minimum absolute atomic E-state index is 0.0442. The number of hydrogen-bond acceptors (Lipinski definition) is 7. The highest BCUT2D eigenvalue weighted by molar-refractivity contribution is 5.90. The summed E-state index contributed by atoms with van der Waals surface area (Å²) in [4.78, 5) is 37.6. The van der Waals surface area contributed by atoms with Crippen molar-refractivity contribution in [3.8, 4) is 0 Å². The highest BCUT2D eigenvalue weighted by atomic mass is 16.5. The lowest BCUT2D eigenvalue weighted by molar-refractivity contribution is -0.151. The number of esters is 2. The van der Waals surface area contributed by atoms with Crippen molar-refractivity contribution < 1.29 is 28.6 Å². The third kappa shape index (κ3) is 9.32. The normalized spacial score (nSPS) is 12.2. The first kappa shape index (κ1) is 26.6. The minimum Gasteiger partial charge on any atom is -0.461 e. The van der Waals surface area contributed by atoms with Gasteiger partial charge in [0.25, 0.3) is 0 Å². The number of ether oxygens (including phenoxy) is 3. The zero-order valence-corrected chi connectivity index (χ0v) is 19.9. The second kappa shape index (κ2) is 14.4. The van der Waals surface area contributed by atoms with Gasteiger partial charge in [0.15, 0.2) is 6.04 Å². The van der Waals surface area contributed by atoms with E-state index in [1.54, 1.807) is 0 Å². The number of nitrogens with two attached hydrogens (primary N) is 1. The van der Waals surface area contributed by atoms with E-state index in [9.17, 15) is 14.4 Å². The molecule has 0 saturated carbocycles. The van der Waals surface area contributed by atoms with E-state index in [2.05, 4.69) is 5.32 Å². The van der Waals surface area contributed by atoms with Gasteiger partial charge in [-0.15, -0.1) is 0 Å². The van der Waals surface area contributed by atoms with E-state index in [1.165, 1.54) is 0 Å². The van der Waals surface area contributed by atoms with Crippen LogP contribution in [0, 0.1) is 0 Å². The van der Waals surface area contributed by atoms with Crippen molar-refractivity contribution in [3.05, 3.63) is 108 Å². The van der Waals surface area contributed by atoms with Gasteiger partial charge in [0, 0.05) is 0 Å². The van der Waals surface area contributed by atoms with Crippen molar-refractivity contribution in [1.29, 1.82) is 0 Å². The third-order valence-corrected chi connectivity index (χ3v) is 5.19. The van der Waals surface area contributed by atoms with Crippen LogP contribution in [0.5, 0.6) is 0 Å². The number of nitrogens with one attached hydrogen (secondary N) is 1. The summed E-state index contributed by atoms with van der Waals surface area (Å²) >= 11 is 0. The first-order valence-corrected chi connectivity index (χ1v) is 11.6. The van der Waals surface area contributed by atoms with E-state index in [-0.39, 0.29) is 32.8 Å². The van der Waals surface area contributed by atoms with Crippen LogP contribution >= 0.6 is 0 Å². The van der Waals surface area contributed by atoms with E-state index in [4.69, 9.17) is 19.9 Å². The quantitative estimate of drug-likeness (QED) is 0.354. The van der Waals surface area contributed by atoms with E-state index >= 15 is 0 Å². The molecular formula is C28H30N2O6. The molecule has 8 heteroatoms. The molecule has 188 valence electrons. The summed E-state index contributed by atoms with van der Waals surface area (Å²) in [5.41, 5.74) is 8.45. The van der Waals surface area contributed by atoms with Gasteiger partial charge in [-0.05, 0) is 16.7 Å². The van der Waals surface area contributed by atoms with Crippen molar-refractivity contribution in [2.24, 2.45) is 5.73 Å². The lowest BCUT2D eigenvalue weighted by atomic mass is 10.2. The summed E-state index contributed by atoms with van der Waals surface area (Å²) in [6.45, 7) is 0.245. The molecule has 0 saturated heterocycles. The molecule has 1 amide bonds. The van der Waals surface area contributed by atoms with Gasteiger partial charge in [-0.2, -0.15) is 0 Å². The van der Waals surface area contributed by atoms with Crippen molar-refractivity contribution in [3.63, 3.8) is 0 Å². The molecule has 8 nitrogen and oxygen atoms in total. The number of hydrogen-bond donors (Lipinski definition) is 2. The molecule has 0 bridgehead atoms. The Balaban J connectivity index is 1.53. The SMILES string of the molecule is N[C@@H](CC(=O)OCc1ccccc1)C(=O)N[C@@H](COCc1ccccc1)C(=O)OCc1ccccc1. The van der Waals surface area contributed by atoms with Gasteiger partial charge in [0.1, 0.15) is 13.2 Å². The van der Waals surface area contributed by atoms with Crippen molar-refractivity contribution >= 4 is 17.8 Å². The molecule has 2 atom stereocenters. The van der Waals surface area contributed by atoms with E-state index in [0.29, 0.717) is 0 Å². The largest absolute Gasteiger partial charge is 0.461 e. The first-order valence-electron chi connectivity index (χ1n) is 11.6. The topological polar surface area (TPSA) is 117 Å². The van der Waals surface area contributed by atoms with Gasteiger partial charge in [-0.25, -0.2) is 4.79 Å². The Kier molecular flexibility index (Phi) is 10.6. The molecule has 0 unspecified atom stereocenters. The van der Waals surface area contributed by atoms with Crippen molar-refractivity contribution in [2.75, 3.05) is 6.61 Å². The first-order chi connectivity index (χ1) is 17.5. The van der Waals surface area contributed by atoms with E-state index in [0.717, 1.165) is 16.7 Å². The average molecular weight is 491 g/mol. The monoisotopic (exact) mass is 490 g/mol. The summed E-state index contributed by atoms with van der Waals surface area (Å²) in [6.07, 6.45) is -0.338. The van der Waals surface area contributed by atoms with Gasteiger partial charge in [-0.3, -0.25) is 9.59 Å². The number of benzene rings is 3. The van der Waals surface area contributed by atoms with Crippen LogP contribution in [-0.2, 0) is 48.4 Å². The molecule has 0 spiro atoms. The highest BCUT2D eigenvalue weighted by Crippen LogP contribution is 2.06. The molecule has 0 aliphatic rings. The highest BCUT2D eigenvalue weighted by Gasteiger charge is 2.27. The Morgan fingerprint density at radius 3 is 1.69 bits per heavy atom. The Hall–Kier alpha value is -4.01. The van der Waals surface area contributed by atoms with Crippen LogP contribution in [0.2, 0.25) is 0 Å². The molecule has 3 rings (SSSR count). The van der Waals surface area contributed by atoms with Gasteiger partial charge in [0.2, 0.25) is 5.91 Å². The summed E-state index contributed by atoms with van der Waals surface area (Å²) in [5.74, 6) is -1.97. The zero-order chi connectivity index (χ0) is 25.6. The standard InChI is InChI=1S/C28H30N2O6/c29-24(16-26(31)35-18-22-12-6-2-7-13-22)27(32)30-25(20-34-17-21-10-4-1-5-11-21)28(33)36-19-23-14-8-3-9-15-23/h1-15,24-25H,16-20,29H2,(H,30,32)/t24-,25-/m0/s1. The molecule has 0 radical (unpaired) electrons. The summed E-state index contributed by atoms with van der Waals surface area (Å²) in [5, 5.41) is 2.55. The molecule has 3 N–H and O–H groups in total. The summed E-state index contributed by atoms with van der Waals surface area (Å²) < 4.78 is 16.2. The van der Waals surface area contributed by atoms with Crippen molar-refractivity contribution in [2.45, 2.75) is 38.3 Å². The fourth-order valence-corrected chi connectivity index (χ4v) is 3.21. The number of carbonyl (C=O) groups is 3. The Morgan fingerprint density at radius 1 is 0.694 bits per heavy atom. The maximum absolute atomic E-state index is 12.7. The molecule has 0 heterocycles. The van der Waals surface area contributed by atoms with Crippen LogP contribution in [0.3, 0.4) is 0 Å². The van der Waals surface area contributed by atoms with Crippen LogP contribution in [-0.4, -0.2) is 36.5 Å². The van der Waals surface area contributed by atoms with Crippen LogP contribution in [0.25, 0.3) is 0 Å². The lowest BCUT2D eigenvalue weighted by Gasteiger charge is -2.20. The Morgan fingerprint density at radius 2 is 1.17 bits per heavy atom. The van der Waals surface area contributed by atoms with Crippen LogP contribution in [0.15, 0.2) is 91.0 Å². The average Bonchev–Trinajstić information content (AvgIpc) is 2.91. The fourth-order valence-electron chi connectivity index (χ4n) is 3.21. The molecule has 3 aromatic carbocycles. The number of amides is 1. The van der Waals surface area contributed by atoms with Gasteiger partial charge >= 0.3 is 11.9 Å². The predicted octanol–water partition coefficient (Wildman–Crippen LogP) is 2.89. The Labute approximate surface area is 210 Å². The zero-order valence-electron chi connectivity index (χ0n) is 19.9. The van der Waals surface area contributed by atoms with Crippen LogP contribution in [0.4, 0.5) is 0 Å². The van der Waals surface area contributed by atoms with Crippen molar-refractivity contribution in [1.82, 2.24) is 5.32 Å². The molecule has 36 heavy (non-hydrogen) atoms. The van der Waals surface area contributed by atoms with Crippen LogP contribution < -0.4 is 11.1 Å². The molecule has 0 aromatic heterocycles. The second-order valence-corrected chi connectivity index (χ2v) is 8.11. The number of carbonyl (C=O) groups excluding carboxylic acids is 3. The van der Waals surface area contributed by atoms with E-state index in [1.807, 2.05) is 91.0 Å². The van der Waals surface area contributed by atoms with Gasteiger partial charge in [0.05, 0.1) is 25.7 Å². The Bertz CT molecular complexity index is 1090. The minimum atomic E-state index is -1.20. The molecular weight excluding hydrogens is 460 g/mol. The van der Waals surface area contributed by atoms with E-state index < -0.39 is 29.9 Å². The fraction of sp³-hybridized carbons (Fsp3) is 0.250. The second-order valence-electron chi connectivity index (χ2n) is 8.11. The van der Waals surface area contributed by atoms with Gasteiger partial charge < -0.3 is 25.3 Å². The molecule has 0 fully saturated rings. The summed E-state index contributed by atoms with van der Waals surface area (Å²) in [7, 11) is 0.